The first-order chi connectivity index (χ1) is 12.0. The van der Waals surface area contributed by atoms with Gasteiger partial charge in [-0.15, -0.1) is 0 Å². The molecule has 0 aliphatic heterocycles. The van der Waals surface area contributed by atoms with Crippen molar-refractivity contribution in [2.75, 3.05) is 0 Å². The van der Waals surface area contributed by atoms with Crippen molar-refractivity contribution >= 4 is 24.8 Å². The molecule has 0 radical (unpaired) electrons. The number of benzene rings is 3. The Balaban J connectivity index is 2.06. The summed E-state index contributed by atoms with van der Waals surface area (Å²) in [6, 6.07) is 22.1. The first kappa shape index (κ1) is 17.3. The van der Waals surface area contributed by atoms with Crippen LogP contribution in [0.1, 0.15) is 17.5 Å². The molecule has 0 aromatic heterocycles. The highest BCUT2D eigenvalue weighted by Gasteiger charge is 2.58. The summed E-state index contributed by atoms with van der Waals surface area (Å²) in [5, 5.41) is 9.84. The number of carboxylic acids is 1. The second-order valence-corrected chi connectivity index (χ2v) is 7.30. The van der Waals surface area contributed by atoms with Crippen LogP contribution >= 0.6 is 8.03 Å². The lowest BCUT2D eigenvalue weighted by Crippen LogP contribution is -2.33. The van der Waals surface area contributed by atoms with E-state index in [1.54, 1.807) is 18.2 Å². The lowest BCUT2D eigenvalue weighted by atomic mass is 9.90. The minimum Gasteiger partial charge on any atom is -0.477 e. The van der Waals surface area contributed by atoms with Gasteiger partial charge < -0.3 is 5.11 Å². The summed E-state index contributed by atoms with van der Waals surface area (Å²) in [6.45, 7) is 0. The quantitative estimate of drug-likeness (QED) is 0.641. The average Bonchev–Trinajstić information content (AvgIpc) is 2.62. The van der Waals surface area contributed by atoms with Crippen LogP contribution in [-0.4, -0.2) is 16.0 Å². The molecule has 2 atom stereocenters. The van der Waals surface area contributed by atoms with Gasteiger partial charge in [0.05, 0.1) is 0 Å². The summed E-state index contributed by atoms with van der Waals surface area (Å²) in [5.74, 6) is -1.28. The van der Waals surface area contributed by atoms with Crippen molar-refractivity contribution < 1.29 is 19.4 Å². The summed E-state index contributed by atoms with van der Waals surface area (Å²) >= 11 is 0. The van der Waals surface area contributed by atoms with Gasteiger partial charge in [-0.2, -0.15) is 4.89 Å². The first-order valence-electron chi connectivity index (χ1n) is 7.97. The van der Waals surface area contributed by atoms with Gasteiger partial charge in [0.2, 0.25) is 0 Å². The van der Waals surface area contributed by atoms with Crippen LogP contribution in [0.15, 0.2) is 72.8 Å². The zero-order valence-electron chi connectivity index (χ0n) is 13.5. The fourth-order valence-electron chi connectivity index (χ4n) is 3.08. The Morgan fingerprint density at radius 3 is 2.20 bits per heavy atom. The Labute approximate surface area is 146 Å². The number of aryl methyl sites for hydroxylation is 1. The molecule has 0 bridgehead atoms. The van der Waals surface area contributed by atoms with Crippen LogP contribution in [0.3, 0.4) is 0 Å². The SMILES string of the molecule is O=C(O)C(CCc1ccccc1)(c1ccc2ccccc2c1)[P+](=O)O. The highest BCUT2D eigenvalue weighted by molar-refractivity contribution is 7.41. The highest BCUT2D eigenvalue weighted by atomic mass is 31.1. The van der Waals surface area contributed by atoms with Gasteiger partial charge in [-0.25, -0.2) is 4.79 Å². The van der Waals surface area contributed by atoms with Crippen molar-refractivity contribution in [3.63, 3.8) is 0 Å². The zero-order valence-corrected chi connectivity index (χ0v) is 14.4. The van der Waals surface area contributed by atoms with Gasteiger partial charge in [0, 0.05) is 12.0 Å². The predicted molar refractivity (Wildman–Crippen MR) is 97.9 cm³/mol. The molecule has 5 heteroatoms. The van der Waals surface area contributed by atoms with Crippen LogP contribution < -0.4 is 0 Å². The Bertz CT molecular complexity index is 907. The van der Waals surface area contributed by atoms with Gasteiger partial charge in [0.15, 0.2) is 0 Å². The van der Waals surface area contributed by atoms with Gasteiger partial charge in [0.25, 0.3) is 0 Å². The Morgan fingerprint density at radius 1 is 0.920 bits per heavy atom. The van der Waals surface area contributed by atoms with E-state index in [2.05, 4.69) is 0 Å². The van der Waals surface area contributed by atoms with E-state index in [0.29, 0.717) is 12.0 Å². The molecule has 25 heavy (non-hydrogen) atoms. The summed E-state index contributed by atoms with van der Waals surface area (Å²) in [4.78, 5) is 22.0. The summed E-state index contributed by atoms with van der Waals surface area (Å²) in [5.41, 5.74) is 1.30. The number of carbonyl (C=O) groups is 1. The standard InChI is InChI=1S/C20H17O4P/c21-19(22)20(25(23)24,13-12-15-6-2-1-3-7-15)18-11-10-16-8-4-5-9-17(16)14-18/h1-11,14H,12-13H2,(H-,21,22,23,24)/p+1. The van der Waals surface area contributed by atoms with Gasteiger partial charge in [-0.1, -0.05) is 66.7 Å². The highest BCUT2D eigenvalue weighted by Crippen LogP contribution is 2.49. The largest absolute Gasteiger partial charge is 0.528 e. The van der Waals surface area contributed by atoms with Crippen LogP contribution in [0.4, 0.5) is 0 Å². The number of hydrogen-bond acceptors (Lipinski definition) is 2. The fraction of sp³-hybridized carbons (Fsp3) is 0.150. The Kier molecular flexibility index (Phi) is 4.93. The molecular weight excluding hydrogens is 335 g/mol. The normalized spacial score (nSPS) is 14.0. The van der Waals surface area contributed by atoms with Crippen molar-refractivity contribution in [3.8, 4) is 0 Å². The number of fused-ring (bicyclic) bond motifs is 1. The van der Waals surface area contributed by atoms with Gasteiger partial charge in [0.1, 0.15) is 0 Å². The lowest BCUT2D eigenvalue weighted by Gasteiger charge is -2.18. The summed E-state index contributed by atoms with van der Waals surface area (Å²) in [6.07, 6.45) is 0.456. The molecule has 126 valence electrons. The van der Waals surface area contributed by atoms with Crippen LogP contribution in [0.25, 0.3) is 10.8 Å². The topological polar surface area (TPSA) is 74.6 Å². The molecule has 0 fully saturated rings. The third-order valence-corrected chi connectivity index (χ3v) is 5.85. The Hall–Kier alpha value is -2.55. The number of rotatable bonds is 6. The molecule has 0 saturated heterocycles. The van der Waals surface area contributed by atoms with Crippen molar-refractivity contribution in [1.82, 2.24) is 0 Å². The number of carboxylic acid groups (broad SMARTS) is 1. The second-order valence-electron chi connectivity index (χ2n) is 5.99. The van der Waals surface area contributed by atoms with Crippen molar-refractivity contribution in [2.24, 2.45) is 0 Å². The Morgan fingerprint density at radius 2 is 1.56 bits per heavy atom. The predicted octanol–water partition coefficient (Wildman–Crippen LogP) is 4.49. The average molecular weight is 353 g/mol. The smallest absolute Gasteiger partial charge is 0.477 e. The first-order valence-corrected chi connectivity index (χ1v) is 9.18. The second kappa shape index (κ2) is 7.14. The van der Waals surface area contributed by atoms with E-state index < -0.39 is 19.2 Å². The van der Waals surface area contributed by atoms with Crippen molar-refractivity contribution in [3.05, 3.63) is 83.9 Å². The molecule has 2 unspecified atom stereocenters. The molecule has 0 aliphatic rings. The molecule has 0 saturated carbocycles. The maximum atomic E-state index is 12.2. The van der Waals surface area contributed by atoms with Crippen LogP contribution in [0.2, 0.25) is 0 Å². The van der Waals surface area contributed by atoms with Gasteiger partial charge >= 0.3 is 19.2 Å². The van der Waals surface area contributed by atoms with Gasteiger partial charge in [-0.05, 0) is 33.4 Å². The van der Waals surface area contributed by atoms with E-state index >= 15 is 0 Å². The molecule has 3 aromatic carbocycles. The molecule has 4 nitrogen and oxygen atoms in total. The van der Waals surface area contributed by atoms with Gasteiger partial charge in [-0.3, -0.25) is 0 Å². The third kappa shape index (κ3) is 3.32. The monoisotopic (exact) mass is 353 g/mol. The molecule has 0 spiro atoms. The molecular formula is C20H18O4P+. The van der Waals surface area contributed by atoms with E-state index in [4.69, 9.17) is 0 Å². The zero-order chi connectivity index (χ0) is 17.9. The molecule has 0 heterocycles. The van der Waals surface area contributed by atoms with Crippen molar-refractivity contribution in [1.29, 1.82) is 0 Å². The van der Waals surface area contributed by atoms with Crippen LogP contribution in [0.5, 0.6) is 0 Å². The molecule has 0 aliphatic carbocycles. The van der Waals surface area contributed by atoms with E-state index in [-0.39, 0.29) is 6.42 Å². The maximum Gasteiger partial charge on any atom is 0.528 e. The summed E-state index contributed by atoms with van der Waals surface area (Å²) < 4.78 is 12.2. The minimum atomic E-state index is -2.97. The van der Waals surface area contributed by atoms with Crippen LogP contribution in [0, 0.1) is 0 Å². The fourth-order valence-corrected chi connectivity index (χ4v) is 3.91. The van der Waals surface area contributed by atoms with Crippen molar-refractivity contribution in [2.45, 2.75) is 18.0 Å². The van der Waals surface area contributed by atoms with Crippen LogP contribution in [-0.2, 0) is 20.9 Å². The molecule has 0 amide bonds. The number of hydrogen-bond donors (Lipinski definition) is 2. The third-order valence-electron chi connectivity index (χ3n) is 4.53. The maximum absolute atomic E-state index is 12.2. The summed E-state index contributed by atoms with van der Waals surface area (Å²) in [7, 11) is -2.97. The minimum absolute atomic E-state index is 0.0520. The van der Waals surface area contributed by atoms with E-state index in [0.717, 1.165) is 16.3 Å². The van der Waals surface area contributed by atoms with E-state index in [1.165, 1.54) is 0 Å². The van der Waals surface area contributed by atoms with E-state index in [1.807, 2.05) is 54.6 Å². The molecule has 2 N–H and O–H groups in total. The lowest BCUT2D eigenvalue weighted by molar-refractivity contribution is -0.140. The number of aliphatic carboxylic acids is 1. The molecule has 3 rings (SSSR count). The molecule has 3 aromatic rings. The van der Waals surface area contributed by atoms with E-state index in [9.17, 15) is 19.4 Å².